The predicted octanol–water partition coefficient (Wildman–Crippen LogP) is 16.5. The Kier molecular flexibility index (Phi) is 49.0. The van der Waals surface area contributed by atoms with Crippen LogP contribution in [0.3, 0.4) is 0 Å². The Morgan fingerprint density at radius 2 is 0.794 bits per heavy atom. The number of hydrogen-bond acceptors (Lipinski definition) is 7. The first-order chi connectivity index (χ1) is 33.1. The van der Waals surface area contributed by atoms with E-state index in [2.05, 4.69) is 50.3 Å². The first kappa shape index (κ1) is 65.5. The number of allylic oxidation sites excluding steroid dienone is 6. The minimum Gasteiger partial charge on any atom is -0.477 e. The van der Waals surface area contributed by atoms with Gasteiger partial charge >= 0.3 is 17.9 Å². The summed E-state index contributed by atoms with van der Waals surface area (Å²) >= 11 is 0. The number of esters is 2. The number of aliphatic carboxylic acids is 1. The minimum absolute atomic E-state index is 0.184. The number of nitrogens with zero attached hydrogens (tertiary/aromatic N) is 1. The molecule has 0 aromatic rings. The molecule has 9 heteroatoms. The van der Waals surface area contributed by atoms with Crippen LogP contribution in [0.15, 0.2) is 36.5 Å². The first-order valence-electron chi connectivity index (χ1n) is 28.7. The number of hydrogen-bond donors (Lipinski definition) is 1. The molecule has 9 nitrogen and oxygen atoms in total. The van der Waals surface area contributed by atoms with E-state index in [1.165, 1.54) is 180 Å². The van der Waals surface area contributed by atoms with Crippen molar-refractivity contribution in [2.24, 2.45) is 0 Å². The Morgan fingerprint density at radius 1 is 0.441 bits per heavy atom. The van der Waals surface area contributed by atoms with E-state index < -0.39 is 24.3 Å². The van der Waals surface area contributed by atoms with Gasteiger partial charge < -0.3 is 28.5 Å². The topological polar surface area (TPSA) is 108 Å². The molecule has 398 valence electrons. The number of likely N-dealkylation sites (N-methyl/N-ethyl adjacent to an activating group) is 1. The van der Waals surface area contributed by atoms with Crippen molar-refractivity contribution in [2.45, 2.75) is 277 Å². The highest BCUT2D eigenvalue weighted by molar-refractivity contribution is 5.71. The third-order valence-electron chi connectivity index (χ3n) is 12.6. The summed E-state index contributed by atoms with van der Waals surface area (Å²) in [4.78, 5) is 37.4. The smallest absolute Gasteiger partial charge is 0.361 e. The van der Waals surface area contributed by atoms with E-state index in [9.17, 15) is 19.5 Å². The lowest BCUT2D eigenvalue weighted by atomic mass is 10.0. The quantitative estimate of drug-likeness (QED) is 0.0211. The molecule has 0 saturated carbocycles. The summed E-state index contributed by atoms with van der Waals surface area (Å²) in [6, 6.07) is 0. The van der Waals surface area contributed by atoms with Crippen molar-refractivity contribution >= 4 is 17.9 Å². The van der Waals surface area contributed by atoms with Gasteiger partial charge in [-0.25, -0.2) is 4.79 Å². The van der Waals surface area contributed by atoms with Crippen molar-refractivity contribution in [3.63, 3.8) is 0 Å². The number of carbonyl (C=O) groups is 3. The van der Waals surface area contributed by atoms with Crippen LogP contribution in [-0.2, 0) is 33.3 Å². The lowest BCUT2D eigenvalue weighted by molar-refractivity contribution is -0.870. The van der Waals surface area contributed by atoms with Gasteiger partial charge in [-0.1, -0.05) is 217 Å². The van der Waals surface area contributed by atoms with Crippen molar-refractivity contribution in [3.8, 4) is 0 Å². The number of carbonyl (C=O) groups excluding carboxylic acids is 2. The first-order valence-corrected chi connectivity index (χ1v) is 28.7. The second-order valence-electron chi connectivity index (χ2n) is 20.6. The highest BCUT2D eigenvalue weighted by Gasteiger charge is 2.25. The molecular formula is C59H110NO8+. The summed E-state index contributed by atoms with van der Waals surface area (Å²) in [6.07, 6.45) is 57.9. The fraction of sp³-hybridized carbons (Fsp3) is 0.847. The third kappa shape index (κ3) is 51.4. The van der Waals surface area contributed by atoms with E-state index in [1.807, 2.05) is 21.1 Å². The fourth-order valence-electron chi connectivity index (χ4n) is 8.16. The van der Waals surface area contributed by atoms with Gasteiger partial charge in [0, 0.05) is 12.8 Å². The van der Waals surface area contributed by atoms with Gasteiger partial charge in [0.25, 0.3) is 6.29 Å². The Bertz CT molecular complexity index is 1210. The lowest BCUT2D eigenvalue weighted by Crippen LogP contribution is -2.40. The number of carboxylic acid groups (broad SMARTS) is 1. The Hall–Kier alpha value is -2.49. The van der Waals surface area contributed by atoms with Gasteiger partial charge in [-0.3, -0.25) is 9.59 Å². The van der Waals surface area contributed by atoms with E-state index in [-0.39, 0.29) is 32.2 Å². The summed E-state index contributed by atoms with van der Waals surface area (Å²) in [6.45, 7) is 4.88. The van der Waals surface area contributed by atoms with Crippen molar-refractivity contribution in [1.29, 1.82) is 0 Å². The second-order valence-corrected chi connectivity index (χ2v) is 20.6. The molecule has 0 fully saturated rings. The molecule has 68 heavy (non-hydrogen) atoms. The lowest BCUT2D eigenvalue weighted by Gasteiger charge is -2.25. The van der Waals surface area contributed by atoms with Crippen molar-refractivity contribution < 1.29 is 42.9 Å². The van der Waals surface area contributed by atoms with Crippen LogP contribution in [0.4, 0.5) is 0 Å². The number of quaternary nitrogens is 1. The van der Waals surface area contributed by atoms with Gasteiger partial charge in [0.15, 0.2) is 6.10 Å². The van der Waals surface area contributed by atoms with Crippen molar-refractivity contribution in [1.82, 2.24) is 0 Å². The normalized spacial score (nSPS) is 13.0. The van der Waals surface area contributed by atoms with Crippen LogP contribution in [0.1, 0.15) is 264 Å². The Labute approximate surface area is 420 Å². The maximum Gasteiger partial charge on any atom is 0.361 e. The van der Waals surface area contributed by atoms with Gasteiger partial charge in [0.2, 0.25) is 0 Å². The van der Waals surface area contributed by atoms with Gasteiger partial charge in [-0.2, -0.15) is 0 Å². The number of rotatable bonds is 53. The van der Waals surface area contributed by atoms with Crippen LogP contribution in [0, 0.1) is 0 Å². The predicted molar refractivity (Wildman–Crippen MR) is 286 cm³/mol. The van der Waals surface area contributed by atoms with E-state index in [1.54, 1.807) is 0 Å². The number of ether oxygens (including phenoxy) is 4. The van der Waals surface area contributed by atoms with Crippen LogP contribution in [0.25, 0.3) is 0 Å². The summed E-state index contributed by atoms with van der Waals surface area (Å²) < 4.78 is 22.9. The second kappa shape index (κ2) is 50.9. The largest absolute Gasteiger partial charge is 0.477 e. The minimum atomic E-state index is -1.51. The van der Waals surface area contributed by atoms with Crippen LogP contribution in [0.5, 0.6) is 0 Å². The molecule has 0 radical (unpaired) electrons. The molecule has 0 aliphatic carbocycles. The average Bonchev–Trinajstić information content (AvgIpc) is 3.30. The molecule has 0 heterocycles. The monoisotopic (exact) mass is 961 g/mol. The summed E-state index contributed by atoms with van der Waals surface area (Å²) in [7, 11) is 5.97. The molecule has 0 aliphatic rings. The molecule has 0 spiro atoms. The molecule has 1 N–H and O–H groups in total. The summed E-state index contributed by atoms with van der Waals surface area (Å²) in [5, 5.41) is 9.69. The molecule has 0 bridgehead atoms. The molecule has 0 saturated heterocycles. The van der Waals surface area contributed by atoms with Gasteiger partial charge in [0.05, 0.1) is 34.4 Å². The summed E-state index contributed by atoms with van der Waals surface area (Å²) in [5.74, 6) is -2.00. The third-order valence-corrected chi connectivity index (χ3v) is 12.6. The zero-order chi connectivity index (χ0) is 49.9. The van der Waals surface area contributed by atoms with E-state index in [0.717, 1.165) is 57.8 Å². The zero-order valence-corrected chi connectivity index (χ0v) is 45.3. The maximum atomic E-state index is 12.9. The van der Waals surface area contributed by atoms with Crippen molar-refractivity contribution in [2.75, 3.05) is 47.5 Å². The average molecular weight is 962 g/mol. The molecule has 0 rings (SSSR count). The van der Waals surface area contributed by atoms with Crippen LogP contribution in [-0.4, -0.2) is 87.4 Å². The van der Waals surface area contributed by atoms with Crippen LogP contribution in [0.2, 0.25) is 0 Å². The maximum absolute atomic E-state index is 12.9. The number of unbranched alkanes of at least 4 members (excludes halogenated alkanes) is 32. The molecule has 2 unspecified atom stereocenters. The molecule has 0 aliphatic heterocycles. The van der Waals surface area contributed by atoms with Crippen LogP contribution >= 0.6 is 0 Å². The van der Waals surface area contributed by atoms with Crippen molar-refractivity contribution in [3.05, 3.63) is 36.5 Å². The Balaban J connectivity index is 4.20. The number of carboxylic acids is 1. The zero-order valence-electron chi connectivity index (χ0n) is 45.3. The Morgan fingerprint density at radius 3 is 1.18 bits per heavy atom. The van der Waals surface area contributed by atoms with Gasteiger partial charge in [-0.15, -0.1) is 0 Å². The highest BCUT2D eigenvalue weighted by Crippen LogP contribution is 2.16. The highest BCUT2D eigenvalue weighted by atomic mass is 16.7. The molecule has 2 atom stereocenters. The van der Waals surface area contributed by atoms with Gasteiger partial charge in [0.1, 0.15) is 13.2 Å². The molecular weight excluding hydrogens is 851 g/mol. The van der Waals surface area contributed by atoms with Gasteiger partial charge in [-0.05, 0) is 70.6 Å². The fourth-order valence-corrected chi connectivity index (χ4v) is 8.16. The van der Waals surface area contributed by atoms with E-state index in [4.69, 9.17) is 18.9 Å². The standard InChI is InChI=1S/C59H109NO8/c1-6-8-10-12-14-16-18-20-22-24-25-26-27-28-29-30-31-32-33-34-36-38-40-42-44-46-48-50-57(62)68-55(54-67-59(58(63)64)65-52-51-60(3,4)5)53-66-56(61)49-47-45-43-41-39-37-35-23-21-19-17-15-13-11-9-7-2/h18,20,23-25,35,55,59H,6-17,19,21-22,26-34,36-54H2,1-5H3/p+1/b20-18-,25-24-,35-23-. The van der Waals surface area contributed by atoms with E-state index >= 15 is 0 Å². The SMILES string of the molecule is CCCCCCC/C=C\C/C=C\CCCCCCCCCCCCCCCCCC(=O)OC(COC(=O)CCCCCCC/C=C\CCCCCCCCC)COC(OCC[N+](C)(C)C)C(=O)O. The summed E-state index contributed by atoms with van der Waals surface area (Å²) in [5.41, 5.74) is 0. The van der Waals surface area contributed by atoms with E-state index in [0.29, 0.717) is 17.4 Å². The van der Waals surface area contributed by atoms with Crippen LogP contribution < -0.4 is 0 Å². The molecule has 0 aromatic heterocycles. The molecule has 0 aromatic carbocycles. The molecule has 0 amide bonds.